The van der Waals surface area contributed by atoms with Gasteiger partial charge in [-0.25, -0.2) is 9.97 Å². The zero-order valence-electron chi connectivity index (χ0n) is 15.6. The molecular weight excluding hydrogens is 328 g/mol. The maximum absolute atomic E-state index is 12.3. The Hall–Kier alpha value is -2.63. The lowest BCUT2D eigenvalue weighted by Gasteiger charge is -2.30. The molecule has 1 aromatic heterocycles. The first-order valence-electron chi connectivity index (χ1n) is 9.16. The summed E-state index contributed by atoms with van der Waals surface area (Å²) in [6, 6.07) is 7.29. The number of aromatic nitrogens is 2. The number of anilines is 2. The van der Waals surface area contributed by atoms with Crippen LogP contribution in [0.5, 0.6) is 5.75 Å². The van der Waals surface area contributed by atoms with Crippen LogP contribution < -0.4 is 15.0 Å². The van der Waals surface area contributed by atoms with Gasteiger partial charge in [-0.15, -0.1) is 0 Å². The normalized spacial score (nSPS) is 15.2. The van der Waals surface area contributed by atoms with E-state index in [9.17, 15) is 4.79 Å². The summed E-state index contributed by atoms with van der Waals surface area (Å²) >= 11 is 0. The third-order valence-electron chi connectivity index (χ3n) is 4.46. The molecule has 0 bridgehead atoms. The monoisotopic (exact) mass is 354 g/mol. The second kappa shape index (κ2) is 8.17. The van der Waals surface area contributed by atoms with Gasteiger partial charge in [-0.2, -0.15) is 0 Å². The Kier molecular flexibility index (Phi) is 5.71. The summed E-state index contributed by atoms with van der Waals surface area (Å²) in [5, 5.41) is 2.83. The van der Waals surface area contributed by atoms with E-state index < -0.39 is 0 Å². The summed E-state index contributed by atoms with van der Waals surface area (Å²) in [6.07, 6.45) is 5.68. The lowest BCUT2D eigenvalue weighted by atomic mass is 9.99. The van der Waals surface area contributed by atoms with Crippen molar-refractivity contribution in [2.24, 2.45) is 5.92 Å². The van der Waals surface area contributed by atoms with Crippen LogP contribution >= 0.6 is 0 Å². The van der Waals surface area contributed by atoms with Gasteiger partial charge >= 0.3 is 0 Å². The number of rotatable bonds is 5. The summed E-state index contributed by atoms with van der Waals surface area (Å²) in [7, 11) is 0. The molecule has 1 saturated heterocycles. The van der Waals surface area contributed by atoms with E-state index in [2.05, 4.69) is 27.1 Å². The van der Waals surface area contributed by atoms with Gasteiger partial charge in [0, 0.05) is 18.8 Å². The number of carbonyl (C=O) groups is 1. The van der Waals surface area contributed by atoms with E-state index in [-0.39, 0.29) is 12.0 Å². The first-order chi connectivity index (χ1) is 12.5. The number of nitrogens with zero attached hydrogens (tertiary/aromatic N) is 3. The van der Waals surface area contributed by atoms with E-state index in [0.717, 1.165) is 30.6 Å². The smallest absolute Gasteiger partial charge is 0.275 e. The fourth-order valence-electron chi connectivity index (χ4n) is 2.92. The molecule has 1 aromatic carbocycles. The lowest BCUT2D eigenvalue weighted by Crippen LogP contribution is -2.33. The number of piperidine rings is 1. The van der Waals surface area contributed by atoms with Crippen molar-refractivity contribution >= 4 is 17.4 Å². The third-order valence-corrected chi connectivity index (χ3v) is 4.46. The van der Waals surface area contributed by atoms with E-state index >= 15 is 0 Å². The number of carbonyl (C=O) groups excluding carboxylic acids is 1. The molecule has 0 unspecified atom stereocenters. The first-order valence-corrected chi connectivity index (χ1v) is 9.16. The minimum atomic E-state index is -0.270. The number of benzene rings is 1. The minimum absolute atomic E-state index is 0.118. The molecule has 138 valence electrons. The Balaban J connectivity index is 1.59. The summed E-state index contributed by atoms with van der Waals surface area (Å²) in [4.78, 5) is 23.3. The van der Waals surface area contributed by atoms with Gasteiger partial charge in [0.2, 0.25) is 0 Å². The van der Waals surface area contributed by atoms with Crippen LogP contribution in [-0.4, -0.2) is 35.1 Å². The second-order valence-electron chi connectivity index (χ2n) is 7.07. The molecule has 1 fully saturated rings. The van der Waals surface area contributed by atoms with Gasteiger partial charge in [-0.1, -0.05) is 6.92 Å². The molecule has 2 aromatic rings. The Morgan fingerprint density at radius 3 is 2.42 bits per heavy atom. The molecule has 0 atom stereocenters. The van der Waals surface area contributed by atoms with E-state index in [1.54, 1.807) is 12.4 Å². The molecule has 1 amide bonds. The van der Waals surface area contributed by atoms with Crippen molar-refractivity contribution in [2.75, 3.05) is 23.3 Å². The quantitative estimate of drug-likeness (QED) is 0.886. The van der Waals surface area contributed by atoms with Crippen LogP contribution in [0.1, 0.15) is 44.1 Å². The largest absolute Gasteiger partial charge is 0.491 e. The number of amides is 1. The van der Waals surface area contributed by atoms with Gasteiger partial charge in [0.05, 0.1) is 18.5 Å². The lowest BCUT2D eigenvalue weighted by molar-refractivity contribution is 0.102. The van der Waals surface area contributed by atoms with Crippen molar-refractivity contribution in [3.63, 3.8) is 0 Å². The van der Waals surface area contributed by atoms with E-state index in [1.807, 2.05) is 38.1 Å². The van der Waals surface area contributed by atoms with Gasteiger partial charge < -0.3 is 15.0 Å². The first kappa shape index (κ1) is 18.2. The molecule has 2 heterocycles. The highest BCUT2D eigenvalue weighted by Crippen LogP contribution is 2.21. The van der Waals surface area contributed by atoms with Crippen LogP contribution in [0.15, 0.2) is 36.7 Å². The highest BCUT2D eigenvalue weighted by atomic mass is 16.5. The molecule has 6 heteroatoms. The average Bonchev–Trinajstić information content (AvgIpc) is 2.64. The summed E-state index contributed by atoms with van der Waals surface area (Å²) in [5.74, 6) is 2.11. The van der Waals surface area contributed by atoms with E-state index in [4.69, 9.17) is 4.74 Å². The molecule has 1 aliphatic rings. The van der Waals surface area contributed by atoms with Crippen molar-refractivity contribution in [1.82, 2.24) is 9.97 Å². The molecule has 3 rings (SSSR count). The molecule has 0 spiro atoms. The Morgan fingerprint density at radius 2 is 1.85 bits per heavy atom. The average molecular weight is 354 g/mol. The Morgan fingerprint density at radius 1 is 1.15 bits per heavy atom. The number of ether oxygens (including phenoxy) is 1. The van der Waals surface area contributed by atoms with Gasteiger partial charge in [-0.3, -0.25) is 4.79 Å². The highest BCUT2D eigenvalue weighted by molar-refractivity contribution is 6.02. The molecule has 0 radical (unpaired) electrons. The standard InChI is InChI=1S/C20H26N4O2/c1-14(2)26-17-6-4-16(5-7-17)23-20(25)18-12-22-19(13-21-18)24-10-8-15(3)9-11-24/h4-7,12-15H,8-11H2,1-3H3,(H,23,25). The predicted octanol–water partition coefficient (Wildman–Crippen LogP) is 3.75. The molecule has 0 aliphatic carbocycles. The Labute approximate surface area is 154 Å². The van der Waals surface area contributed by atoms with Gasteiger partial charge in [0.25, 0.3) is 5.91 Å². The summed E-state index contributed by atoms with van der Waals surface area (Å²) in [5.41, 5.74) is 1.00. The number of nitrogens with one attached hydrogen (secondary N) is 1. The second-order valence-corrected chi connectivity index (χ2v) is 7.07. The van der Waals surface area contributed by atoms with Crippen LogP contribution in [0.25, 0.3) is 0 Å². The molecule has 1 aliphatic heterocycles. The topological polar surface area (TPSA) is 67.4 Å². The minimum Gasteiger partial charge on any atom is -0.491 e. The van der Waals surface area contributed by atoms with Gasteiger partial charge in [0.15, 0.2) is 0 Å². The predicted molar refractivity (Wildman–Crippen MR) is 103 cm³/mol. The highest BCUT2D eigenvalue weighted by Gasteiger charge is 2.18. The number of hydrogen-bond donors (Lipinski definition) is 1. The van der Waals surface area contributed by atoms with Crippen molar-refractivity contribution in [3.8, 4) is 5.75 Å². The van der Waals surface area contributed by atoms with E-state index in [0.29, 0.717) is 11.4 Å². The van der Waals surface area contributed by atoms with E-state index in [1.165, 1.54) is 12.8 Å². The fourth-order valence-corrected chi connectivity index (χ4v) is 2.92. The fraction of sp³-hybridized carbons (Fsp3) is 0.450. The zero-order valence-corrected chi connectivity index (χ0v) is 15.6. The van der Waals surface area contributed by atoms with Crippen molar-refractivity contribution in [1.29, 1.82) is 0 Å². The molecular formula is C20H26N4O2. The molecule has 26 heavy (non-hydrogen) atoms. The van der Waals surface area contributed by atoms with Crippen LogP contribution in [0, 0.1) is 5.92 Å². The summed E-state index contributed by atoms with van der Waals surface area (Å²) in [6.45, 7) is 8.21. The third kappa shape index (κ3) is 4.71. The van der Waals surface area contributed by atoms with Crippen molar-refractivity contribution in [3.05, 3.63) is 42.4 Å². The Bertz CT molecular complexity index is 720. The van der Waals surface area contributed by atoms with Gasteiger partial charge in [-0.05, 0) is 56.9 Å². The molecule has 6 nitrogen and oxygen atoms in total. The zero-order chi connectivity index (χ0) is 18.5. The van der Waals surface area contributed by atoms with Gasteiger partial charge in [0.1, 0.15) is 17.3 Å². The van der Waals surface area contributed by atoms with Crippen molar-refractivity contribution in [2.45, 2.75) is 39.7 Å². The van der Waals surface area contributed by atoms with Crippen LogP contribution in [0.2, 0.25) is 0 Å². The van der Waals surface area contributed by atoms with Crippen LogP contribution in [0.3, 0.4) is 0 Å². The number of hydrogen-bond acceptors (Lipinski definition) is 5. The van der Waals surface area contributed by atoms with Crippen molar-refractivity contribution < 1.29 is 9.53 Å². The molecule has 0 saturated carbocycles. The maximum atomic E-state index is 12.3. The van der Waals surface area contributed by atoms with Crippen LogP contribution in [-0.2, 0) is 0 Å². The van der Waals surface area contributed by atoms with Crippen LogP contribution in [0.4, 0.5) is 11.5 Å². The SMILES string of the molecule is CC1CCN(c2cnc(C(=O)Nc3ccc(OC(C)C)cc3)cn2)CC1. The maximum Gasteiger partial charge on any atom is 0.275 e. The summed E-state index contributed by atoms with van der Waals surface area (Å²) < 4.78 is 5.60. The molecule has 1 N–H and O–H groups in total.